The van der Waals surface area contributed by atoms with E-state index in [-0.39, 0.29) is 23.9 Å². The van der Waals surface area contributed by atoms with Crippen molar-refractivity contribution in [3.8, 4) is 0 Å². The number of amides is 1. The monoisotopic (exact) mass is 371 g/mol. The SMILES string of the molecule is O=C(NCc1ccco1)c1ccc(S(=O)(=O)NCc2cccnc2)cc1. The van der Waals surface area contributed by atoms with E-state index in [2.05, 4.69) is 15.0 Å². The van der Waals surface area contributed by atoms with Gasteiger partial charge in [0.25, 0.3) is 5.91 Å². The molecular weight excluding hydrogens is 354 g/mol. The molecule has 0 bridgehead atoms. The van der Waals surface area contributed by atoms with Crippen LogP contribution in [0.2, 0.25) is 0 Å². The predicted octanol–water partition coefficient (Wildman–Crippen LogP) is 2.08. The van der Waals surface area contributed by atoms with Gasteiger partial charge in [-0.05, 0) is 48.0 Å². The lowest BCUT2D eigenvalue weighted by Crippen LogP contribution is -2.24. The molecule has 7 nitrogen and oxygen atoms in total. The van der Waals surface area contributed by atoms with Gasteiger partial charge in [0.2, 0.25) is 10.0 Å². The molecule has 0 aliphatic rings. The van der Waals surface area contributed by atoms with Crippen molar-refractivity contribution in [1.29, 1.82) is 0 Å². The van der Waals surface area contributed by atoms with E-state index in [1.165, 1.54) is 30.5 Å². The zero-order valence-corrected chi connectivity index (χ0v) is 14.6. The Morgan fingerprint density at radius 1 is 1.04 bits per heavy atom. The molecule has 2 aromatic heterocycles. The van der Waals surface area contributed by atoms with Gasteiger partial charge in [-0.2, -0.15) is 0 Å². The largest absolute Gasteiger partial charge is 0.467 e. The number of nitrogens with zero attached hydrogens (tertiary/aromatic N) is 1. The summed E-state index contributed by atoms with van der Waals surface area (Å²) in [7, 11) is -3.67. The van der Waals surface area contributed by atoms with Crippen LogP contribution in [-0.2, 0) is 23.1 Å². The Morgan fingerprint density at radius 2 is 1.85 bits per heavy atom. The Kier molecular flexibility index (Phi) is 5.45. The molecule has 0 aliphatic heterocycles. The van der Waals surface area contributed by atoms with Crippen LogP contribution < -0.4 is 10.0 Å². The third-order valence-electron chi connectivity index (χ3n) is 3.62. The second-order valence-corrected chi connectivity index (χ2v) is 7.24. The summed E-state index contributed by atoms with van der Waals surface area (Å²) >= 11 is 0. The quantitative estimate of drug-likeness (QED) is 0.662. The molecule has 0 saturated heterocycles. The van der Waals surface area contributed by atoms with Crippen LogP contribution >= 0.6 is 0 Å². The molecule has 134 valence electrons. The summed E-state index contributed by atoms with van der Waals surface area (Å²) in [6.45, 7) is 0.403. The normalized spacial score (nSPS) is 11.2. The molecule has 0 radical (unpaired) electrons. The number of pyridine rings is 1. The fraction of sp³-hybridized carbons (Fsp3) is 0.111. The lowest BCUT2D eigenvalue weighted by molar-refractivity contribution is 0.0948. The van der Waals surface area contributed by atoms with Crippen LogP contribution in [0.4, 0.5) is 0 Å². The molecule has 0 fully saturated rings. The fourth-order valence-corrected chi connectivity index (χ4v) is 3.25. The highest BCUT2D eigenvalue weighted by Gasteiger charge is 2.15. The summed E-state index contributed by atoms with van der Waals surface area (Å²) in [5, 5.41) is 2.70. The summed E-state index contributed by atoms with van der Waals surface area (Å²) in [6, 6.07) is 12.7. The van der Waals surface area contributed by atoms with Crippen LogP contribution in [0, 0.1) is 0 Å². The molecule has 0 saturated carbocycles. The molecule has 1 amide bonds. The van der Waals surface area contributed by atoms with Crippen LogP contribution in [0.5, 0.6) is 0 Å². The van der Waals surface area contributed by atoms with Crippen LogP contribution in [0.15, 0.2) is 76.5 Å². The number of rotatable bonds is 7. The first kappa shape index (κ1) is 17.8. The van der Waals surface area contributed by atoms with Gasteiger partial charge >= 0.3 is 0 Å². The number of sulfonamides is 1. The molecular formula is C18H17N3O4S. The molecule has 2 N–H and O–H groups in total. The molecule has 0 spiro atoms. The smallest absolute Gasteiger partial charge is 0.251 e. The van der Waals surface area contributed by atoms with E-state index in [1.54, 1.807) is 36.7 Å². The lowest BCUT2D eigenvalue weighted by Gasteiger charge is -2.08. The molecule has 3 rings (SSSR count). The lowest BCUT2D eigenvalue weighted by atomic mass is 10.2. The number of benzene rings is 1. The van der Waals surface area contributed by atoms with Crippen molar-refractivity contribution in [2.75, 3.05) is 0 Å². The first-order chi connectivity index (χ1) is 12.5. The Bertz CT molecular complexity index is 953. The highest BCUT2D eigenvalue weighted by molar-refractivity contribution is 7.89. The Hall–Kier alpha value is -2.97. The summed E-state index contributed by atoms with van der Waals surface area (Å²) in [4.78, 5) is 16.1. The first-order valence-electron chi connectivity index (χ1n) is 7.84. The van der Waals surface area contributed by atoms with Gasteiger partial charge in [-0.3, -0.25) is 9.78 Å². The highest BCUT2D eigenvalue weighted by Crippen LogP contribution is 2.12. The molecule has 0 unspecified atom stereocenters. The summed E-state index contributed by atoms with van der Waals surface area (Å²) in [6.07, 6.45) is 4.74. The van der Waals surface area contributed by atoms with Crippen molar-refractivity contribution in [3.05, 3.63) is 84.1 Å². The average molecular weight is 371 g/mol. The van der Waals surface area contributed by atoms with Crippen molar-refractivity contribution in [2.24, 2.45) is 0 Å². The number of carbonyl (C=O) groups is 1. The minimum atomic E-state index is -3.67. The van der Waals surface area contributed by atoms with E-state index in [0.717, 1.165) is 5.56 Å². The van der Waals surface area contributed by atoms with E-state index in [9.17, 15) is 13.2 Å². The van der Waals surface area contributed by atoms with Gasteiger partial charge in [0.05, 0.1) is 17.7 Å². The van der Waals surface area contributed by atoms with Gasteiger partial charge in [0.15, 0.2) is 0 Å². The van der Waals surface area contributed by atoms with Crippen LogP contribution in [0.3, 0.4) is 0 Å². The fourth-order valence-electron chi connectivity index (χ4n) is 2.23. The highest BCUT2D eigenvalue weighted by atomic mass is 32.2. The van der Waals surface area contributed by atoms with Crippen molar-refractivity contribution in [1.82, 2.24) is 15.0 Å². The molecule has 2 heterocycles. The van der Waals surface area contributed by atoms with Crippen molar-refractivity contribution < 1.29 is 17.6 Å². The van der Waals surface area contributed by atoms with E-state index >= 15 is 0 Å². The first-order valence-corrected chi connectivity index (χ1v) is 9.32. The van der Waals surface area contributed by atoms with Gasteiger partial charge in [0.1, 0.15) is 5.76 Å². The van der Waals surface area contributed by atoms with Gasteiger partial charge in [0, 0.05) is 24.5 Å². The average Bonchev–Trinajstić information content (AvgIpc) is 3.19. The van der Waals surface area contributed by atoms with Gasteiger partial charge in [-0.15, -0.1) is 0 Å². The second-order valence-electron chi connectivity index (χ2n) is 5.47. The predicted molar refractivity (Wildman–Crippen MR) is 94.6 cm³/mol. The van der Waals surface area contributed by atoms with E-state index < -0.39 is 10.0 Å². The van der Waals surface area contributed by atoms with Gasteiger partial charge in [-0.25, -0.2) is 13.1 Å². The maximum atomic E-state index is 12.3. The van der Waals surface area contributed by atoms with Crippen molar-refractivity contribution in [2.45, 2.75) is 18.0 Å². The standard InChI is InChI=1S/C18H17N3O4S/c22-18(20-13-16-4-2-10-25-16)15-5-7-17(8-6-15)26(23,24)21-12-14-3-1-9-19-11-14/h1-11,21H,12-13H2,(H,20,22). The summed E-state index contributed by atoms with van der Waals surface area (Å²) < 4.78 is 32.3. The zero-order chi connectivity index (χ0) is 18.4. The van der Waals surface area contributed by atoms with Crippen LogP contribution in [0.1, 0.15) is 21.7 Å². The van der Waals surface area contributed by atoms with E-state index in [0.29, 0.717) is 11.3 Å². The molecule has 8 heteroatoms. The number of furan rings is 1. The molecule has 0 aliphatic carbocycles. The maximum absolute atomic E-state index is 12.3. The number of hydrogen-bond acceptors (Lipinski definition) is 5. The third-order valence-corrected chi connectivity index (χ3v) is 5.04. The molecule has 3 aromatic rings. The topological polar surface area (TPSA) is 101 Å². The minimum absolute atomic E-state index is 0.0870. The second kappa shape index (κ2) is 7.94. The Morgan fingerprint density at radius 3 is 2.50 bits per heavy atom. The summed E-state index contributed by atoms with van der Waals surface area (Å²) in [5.41, 5.74) is 1.12. The number of nitrogens with one attached hydrogen (secondary N) is 2. The third kappa shape index (κ3) is 4.56. The minimum Gasteiger partial charge on any atom is -0.467 e. The maximum Gasteiger partial charge on any atom is 0.251 e. The number of aromatic nitrogens is 1. The molecule has 1 aromatic carbocycles. The van der Waals surface area contributed by atoms with Gasteiger partial charge < -0.3 is 9.73 Å². The molecule has 0 atom stereocenters. The van der Waals surface area contributed by atoms with Crippen molar-refractivity contribution in [3.63, 3.8) is 0 Å². The van der Waals surface area contributed by atoms with Gasteiger partial charge in [-0.1, -0.05) is 6.07 Å². The number of hydrogen-bond donors (Lipinski definition) is 2. The summed E-state index contributed by atoms with van der Waals surface area (Å²) in [5.74, 6) is 0.325. The van der Waals surface area contributed by atoms with E-state index in [1.807, 2.05) is 0 Å². The number of carbonyl (C=O) groups excluding carboxylic acids is 1. The van der Waals surface area contributed by atoms with Crippen LogP contribution in [0.25, 0.3) is 0 Å². The van der Waals surface area contributed by atoms with Crippen LogP contribution in [-0.4, -0.2) is 19.3 Å². The zero-order valence-electron chi connectivity index (χ0n) is 13.8. The van der Waals surface area contributed by atoms with E-state index in [4.69, 9.17) is 4.42 Å². The Balaban J connectivity index is 1.61. The van der Waals surface area contributed by atoms with Crippen molar-refractivity contribution >= 4 is 15.9 Å². The Labute approximate surface area is 151 Å². The molecule has 26 heavy (non-hydrogen) atoms.